The fourth-order valence-corrected chi connectivity index (χ4v) is 3.84. The van der Waals surface area contributed by atoms with Gasteiger partial charge in [0.1, 0.15) is 6.04 Å². The molecule has 3 atom stereocenters. The summed E-state index contributed by atoms with van der Waals surface area (Å²) < 4.78 is 0. The van der Waals surface area contributed by atoms with E-state index in [1.54, 1.807) is 6.20 Å². The zero-order valence-corrected chi connectivity index (χ0v) is 15.8. The molecule has 0 spiro atoms. The highest BCUT2D eigenvalue weighted by atomic mass is 16.2. The summed E-state index contributed by atoms with van der Waals surface area (Å²) in [7, 11) is 0. The molecule has 26 heavy (non-hydrogen) atoms. The Morgan fingerprint density at radius 2 is 1.96 bits per heavy atom. The van der Waals surface area contributed by atoms with E-state index in [1.165, 1.54) is 6.42 Å². The Bertz CT molecular complexity index is 689. The van der Waals surface area contributed by atoms with Crippen molar-refractivity contribution in [1.82, 2.24) is 15.2 Å². The molecule has 1 saturated heterocycles. The average Bonchev–Trinajstić information content (AvgIpc) is 2.65. The molecule has 1 aliphatic rings. The minimum Gasteiger partial charge on any atom is -0.352 e. The van der Waals surface area contributed by atoms with Crippen LogP contribution < -0.4 is 5.32 Å². The van der Waals surface area contributed by atoms with Gasteiger partial charge in [0.2, 0.25) is 5.91 Å². The SMILES string of the molecule is C[C@H](Cc1ccccn1)NC(=O)[C@@H](c1ccccc1)N1CCCC[C@H]1C. The fourth-order valence-electron chi connectivity index (χ4n) is 3.84. The minimum atomic E-state index is -0.224. The second kappa shape index (κ2) is 8.95. The summed E-state index contributed by atoms with van der Waals surface area (Å²) in [5.74, 6) is 0.0911. The molecule has 0 bridgehead atoms. The summed E-state index contributed by atoms with van der Waals surface area (Å²) in [6.45, 7) is 5.26. The average molecular weight is 351 g/mol. The number of amides is 1. The summed E-state index contributed by atoms with van der Waals surface area (Å²) in [5.41, 5.74) is 2.08. The van der Waals surface area contributed by atoms with Gasteiger partial charge in [0.05, 0.1) is 0 Å². The molecule has 138 valence electrons. The van der Waals surface area contributed by atoms with Crippen molar-refractivity contribution < 1.29 is 4.79 Å². The number of aromatic nitrogens is 1. The number of benzene rings is 1. The van der Waals surface area contributed by atoms with Gasteiger partial charge >= 0.3 is 0 Å². The normalized spacial score (nSPS) is 20.3. The monoisotopic (exact) mass is 351 g/mol. The molecule has 0 radical (unpaired) electrons. The highest BCUT2D eigenvalue weighted by molar-refractivity contribution is 5.83. The predicted molar refractivity (Wildman–Crippen MR) is 105 cm³/mol. The molecule has 1 aliphatic heterocycles. The van der Waals surface area contributed by atoms with Crippen molar-refractivity contribution in [1.29, 1.82) is 0 Å². The van der Waals surface area contributed by atoms with Crippen LogP contribution in [-0.4, -0.2) is 34.4 Å². The van der Waals surface area contributed by atoms with Gasteiger partial charge in [0.15, 0.2) is 0 Å². The van der Waals surface area contributed by atoms with E-state index >= 15 is 0 Å². The molecule has 3 rings (SSSR count). The van der Waals surface area contributed by atoms with E-state index in [2.05, 4.69) is 34.3 Å². The van der Waals surface area contributed by atoms with E-state index in [1.807, 2.05) is 43.3 Å². The number of likely N-dealkylation sites (tertiary alicyclic amines) is 1. The van der Waals surface area contributed by atoms with Crippen molar-refractivity contribution in [2.45, 2.75) is 57.7 Å². The van der Waals surface area contributed by atoms with Crippen LogP contribution in [0.25, 0.3) is 0 Å². The lowest BCUT2D eigenvalue weighted by Gasteiger charge is -2.39. The quantitative estimate of drug-likeness (QED) is 0.862. The van der Waals surface area contributed by atoms with Crippen molar-refractivity contribution in [3.8, 4) is 0 Å². The standard InChI is InChI=1S/C22H29N3O/c1-17(16-20-13-6-8-14-23-20)24-22(26)21(19-11-4-3-5-12-19)25-15-9-7-10-18(25)2/h3-6,8,11-14,17-18,21H,7,9-10,15-16H2,1-2H3,(H,24,26)/t17-,18-,21-/m1/s1. The van der Waals surface area contributed by atoms with Crippen LogP contribution in [0.2, 0.25) is 0 Å². The van der Waals surface area contributed by atoms with Crippen LogP contribution in [0.1, 0.15) is 50.4 Å². The highest BCUT2D eigenvalue weighted by Crippen LogP contribution is 2.29. The van der Waals surface area contributed by atoms with Gasteiger partial charge in [-0.05, 0) is 50.9 Å². The number of nitrogens with one attached hydrogen (secondary N) is 1. The van der Waals surface area contributed by atoms with Gasteiger partial charge in [-0.2, -0.15) is 0 Å². The first kappa shape index (κ1) is 18.6. The maximum absolute atomic E-state index is 13.2. The third-order valence-corrected chi connectivity index (χ3v) is 5.18. The molecule has 4 heteroatoms. The van der Waals surface area contributed by atoms with Crippen LogP contribution in [0.4, 0.5) is 0 Å². The van der Waals surface area contributed by atoms with Gasteiger partial charge in [0.25, 0.3) is 0 Å². The van der Waals surface area contributed by atoms with Crippen LogP contribution in [0, 0.1) is 0 Å². The molecule has 2 aromatic rings. The summed E-state index contributed by atoms with van der Waals surface area (Å²) in [4.78, 5) is 19.9. The largest absolute Gasteiger partial charge is 0.352 e. The number of rotatable bonds is 6. The Labute approximate surface area is 156 Å². The molecule has 0 saturated carbocycles. The predicted octanol–water partition coefficient (Wildman–Crippen LogP) is 3.74. The van der Waals surface area contributed by atoms with Gasteiger partial charge in [-0.3, -0.25) is 14.7 Å². The van der Waals surface area contributed by atoms with E-state index in [0.717, 1.165) is 37.1 Å². The summed E-state index contributed by atoms with van der Waals surface area (Å²) in [6, 6.07) is 16.3. The Morgan fingerprint density at radius 3 is 2.65 bits per heavy atom. The molecule has 0 aliphatic carbocycles. The Morgan fingerprint density at radius 1 is 1.19 bits per heavy atom. The number of carbonyl (C=O) groups is 1. The van der Waals surface area contributed by atoms with Gasteiger partial charge in [-0.1, -0.05) is 42.8 Å². The van der Waals surface area contributed by atoms with Crippen LogP contribution in [0.5, 0.6) is 0 Å². The molecule has 0 unspecified atom stereocenters. The summed E-state index contributed by atoms with van der Waals surface area (Å²) in [5, 5.41) is 3.22. The molecule has 4 nitrogen and oxygen atoms in total. The Hall–Kier alpha value is -2.20. The Balaban J connectivity index is 1.74. The van der Waals surface area contributed by atoms with Crippen molar-refractivity contribution in [2.75, 3.05) is 6.54 Å². The van der Waals surface area contributed by atoms with Gasteiger partial charge in [-0.25, -0.2) is 0 Å². The van der Waals surface area contributed by atoms with Crippen LogP contribution in [-0.2, 0) is 11.2 Å². The number of nitrogens with zero attached hydrogens (tertiary/aromatic N) is 2. The molecular weight excluding hydrogens is 322 g/mol. The van der Waals surface area contributed by atoms with E-state index < -0.39 is 0 Å². The van der Waals surface area contributed by atoms with E-state index in [-0.39, 0.29) is 18.0 Å². The van der Waals surface area contributed by atoms with Crippen molar-refractivity contribution in [3.63, 3.8) is 0 Å². The highest BCUT2D eigenvalue weighted by Gasteiger charge is 2.32. The minimum absolute atomic E-state index is 0.0451. The van der Waals surface area contributed by atoms with Crippen LogP contribution in [0.3, 0.4) is 0 Å². The van der Waals surface area contributed by atoms with Gasteiger partial charge in [0, 0.05) is 30.4 Å². The van der Waals surface area contributed by atoms with E-state index in [0.29, 0.717) is 6.04 Å². The molecule has 2 heterocycles. The molecular formula is C22H29N3O. The third-order valence-electron chi connectivity index (χ3n) is 5.18. The van der Waals surface area contributed by atoms with Crippen molar-refractivity contribution in [3.05, 3.63) is 66.0 Å². The molecule has 1 amide bonds. The first-order valence-corrected chi connectivity index (χ1v) is 9.66. The van der Waals surface area contributed by atoms with E-state index in [4.69, 9.17) is 0 Å². The second-order valence-electron chi connectivity index (χ2n) is 7.33. The topological polar surface area (TPSA) is 45.2 Å². The Kier molecular flexibility index (Phi) is 6.40. The van der Waals surface area contributed by atoms with Crippen LogP contribution in [0.15, 0.2) is 54.7 Å². The first-order chi connectivity index (χ1) is 12.6. The van der Waals surface area contributed by atoms with E-state index in [9.17, 15) is 4.79 Å². The number of pyridine rings is 1. The molecule has 1 aromatic heterocycles. The number of hydrogen-bond acceptors (Lipinski definition) is 3. The smallest absolute Gasteiger partial charge is 0.242 e. The fraction of sp³-hybridized carbons (Fsp3) is 0.455. The molecule has 1 aromatic carbocycles. The lowest BCUT2D eigenvalue weighted by Crippen LogP contribution is -2.48. The van der Waals surface area contributed by atoms with Gasteiger partial charge in [-0.15, -0.1) is 0 Å². The number of hydrogen-bond donors (Lipinski definition) is 1. The van der Waals surface area contributed by atoms with Gasteiger partial charge < -0.3 is 5.32 Å². The zero-order valence-electron chi connectivity index (χ0n) is 15.8. The lowest BCUT2D eigenvalue weighted by atomic mass is 9.96. The summed E-state index contributed by atoms with van der Waals surface area (Å²) >= 11 is 0. The molecule has 1 fully saturated rings. The van der Waals surface area contributed by atoms with Crippen molar-refractivity contribution in [2.24, 2.45) is 0 Å². The van der Waals surface area contributed by atoms with Crippen molar-refractivity contribution >= 4 is 5.91 Å². The second-order valence-corrected chi connectivity index (χ2v) is 7.33. The number of piperidine rings is 1. The first-order valence-electron chi connectivity index (χ1n) is 9.66. The number of carbonyl (C=O) groups excluding carboxylic acids is 1. The van der Waals surface area contributed by atoms with Crippen LogP contribution >= 0.6 is 0 Å². The third kappa shape index (κ3) is 4.70. The maximum Gasteiger partial charge on any atom is 0.242 e. The lowest BCUT2D eigenvalue weighted by molar-refractivity contribution is -0.128. The molecule has 1 N–H and O–H groups in total. The summed E-state index contributed by atoms with van der Waals surface area (Å²) in [6.07, 6.45) is 6.09. The zero-order chi connectivity index (χ0) is 18.4. The maximum atomic E-state index is 13.2.